The summed E-state index contributed by atoms with van der Waals surface area (Å²) in [4.78, 5) is 25.4. The summed E-state index contributed by atoms with van der Waals surface area (Å²) in [7, 11) is 0. The van der Waals surface area contributed by atoms with Crippen LogP contribution in [-0.2, 0) is 9.59 Å². The maximum absolute atomic E-state index is 12.0. The van der Waals surface area contributed by atoms with E-state index in [0.29, 0.717) is 13.1 Å². The Balaban J connectivity index is 2.84. The Morgan fingerprint density at radius 1 is 1.60 bits per heavy atom. The van der Waals surface area contributed by atoms with Crippen LogP contribution in [0, 0.1) is 5.92 Å². The number of rotatable bonds is 2. The summed E-state index contributed by atoms with van der Waals surface area (Å²) in [5.74, 6) is 0.0120. The van der Waals surface area contributed by atoms with Crippen molar-refractivity contribution in [2.24, 2.45) is 5.92 Å². The smallest absolute Gasteiger partial charge is 0.245 e. The normalized spacial score (nSPS) is 22.1. The maximum Gasteiger partial charge on any atom is 0.245 e. The minimum Gasteiger partial charge on any atom is -0.352 e. The second kappa shape index (κ2) is 4.21. The number of nitrogens with zero attached hydrogens (tertiary/aromatic N) is 1. The molecule has 1 aliphatic rings. The zero-order valence-corrected chi connectivity index (χ0v) is 9.96. The standard InChI is InChI=1S/C11H20N2O2/c1-5-8(2)9(14)13-7-6-12-10(15)11(13,3)4/h8H,5-7H2,1-4H3,(H,12,15). The van der Waals surface area contributed by atoms with Crippen molar-refractivity contribution in [1.82, 2.24) is 10.2 Å². The largest absolute Gasteiger partial charge is 0.352 e. The molecule has 0 aromatic heterocycles. The number of piperazine rings is 1. The van der Waals surface area contributed by atoms with Gasteiger partial charge in [-0.05, 0) is 20.3 Å². The fourth-order valence-corrected chi connectivity index (χ4v) is 1.73. The molecular formula is C11H20N2O2. The molecule has 1 saturated heterocycles. The molecule has 1 unspecified atom stereocenters. The summed E-state index contributed by atoms with van der Waals surface area (Å²) in [6.07, 6.45) is 0.813. The Hall–Kier alpha value is -1.06. The number of amides is 2. The molecule has 0 radical (unpaired) electrons. The number of carbonyl (C=O) groups is 2. The van der Waals surface area contributed by atoms with E-state index in [4.69, 9.17) is 0 Å². The van der Waals surface area contributed by atoms with Crippen molar-refractivity contribution in [2.45, 2.75) is 39.7 Å². The van der Waals surface area contributed by atoms with Gasteiger partial charge in [-0.25, -0.2) is 0 Å². The molecule has 86 valence electrons. The van der Waals surface area contributed by atoms with Gasteiger partial charge in [0.1, 0.15) is 5.54 Å². The Kier molecular flexibility index (Phi) is 3.37. The lowest BCUT2D eigenvalue weighted by atomic mass is 9.96. The lowest BCUT2D eigenvalue weighted by molar-refractivity contribution is -0.151. The van der Waals surface area contributed by atoms with Crippen molar-refractivity contribution in [3.05, 3.63) is 0 Å². The predicted molar refractivity (Wildman–Crippen MR) is 58.3 cm³/mol. The van der Waals surface area contributed by atoms with Crippen molar-refractivity contribution < 1.29 is 9.59 Å². The van der Waals surface area contributed by atoms with Crippen molar-refractivity contribution in [3.8, 4) is 0 Å². The fourth-order valence-electron chi connectivity index (χ4n) is 1.73. The highest BCUT2D eigenvalue weighted by atomic mass is 16.2. The number of hydrogen-bond acceptors (Lipinski definition) is 2. The van der Waals surface area contributed by atoms with Gasteiger partial charge in [-0.15, -0.1) is 0 Å². The molecule has 0 bridgehead atoms. The van der Waals surface area contributed by atoms with E-state index >= 15 is 0 Å². The predicted octanol–water partition coefficient (Wildman–Crippen LogP) is 0.769. The first kappa shape index (κ1) is 12.0. The molecular weight excluding hydrogens is 192 g/mol. The molecule has 1 heterocycles. The summed E-state index contributed by atoms with van der Waals surface area (Å²) in [5.41, 5.74) is -0.710. The quantitative estimate of drug-likeness (QED) is 0.735. The lowest BCUT2D eigenvalue weighted by Crippen LogP contribution is -2.64. The van der Waals surface area contributed by atoms with Crippen LogP contribution in [0.2, 0.25) is 0 Å². The summed E-state index contributed by atoms with van der Waals surface area (Å²) in [5, 5.41) is 2.78. The second-order valence-corrected chi connectivity index (χ2v) is 4.61. The van der Waals surface area contributed by atoms with Crippen LogP contribution in [0.25, 0.3) is 0 Å². The highest BCUT2D eigenvalue weighted by Gasteiger charge is 2.41. The average molecular weight is 212 g/mol. The molecule has 0 aromatic carbocycles. The Morgan fingerprint density at radius 3 is 2.73 bits per heavy atom. The third-order valence-corrected chi connectivity index (χ3v) is 3.15. The van der Waals surface area contributed by atoms with Crippen molar-refractivity contribution in [3.63, 3.8) is 0 Å². The van der Waals surface area contributed by atoms with Crippen LogP contribution < -0.4 is 5.32 Å². The molecule has 4 nitrogen and oxygen atoms in total. The molecule has 0 spiro atoms. The van der Waals surface area contributed by atoms with E-state index < -0.39 is 5.54 Å². The molecule has 1 fully saturated rings. The first-order valence-electron chi connectivity index (χ1n) is 5.51. The van der Waals surface area contributed by atoms with E-state index in [0.717, 1.165) is 6.42 Å². The van der Waals surface area contributed by atoms with Crippen LogP contribution in [0.4, 0.5) is 0 Å². The maximum atomic E-state index is 12.0. The highest BCUT2D eigenvalue weighted by molar-refractivity contribution is 5.92. The molecule has 1 aliphatic heterocycles. The van der Waals surface area contributed by atoms with E-state index in [1.807, 2.05) is 13.8 Å². The Bertz CT molecular complexity index is 274. The van der Waals surface area contributed by atoms with Crippen LogP contribution in [0.1, 0.15) is 34.1 Å². The van der Waals surface area contributed by atoms with Gasteiger partial charge in [0.05, 0.1) is 0 Å². The van der Waals surface area contributed by atoms with E-state index in [1.165, 1.54) is 0 Å². The summed E-state index contributed by atoms with van der Waals surface area (Å²) >= 11 is 0. The highest BCUT2D eigenvalue weighted by Crippen LogP contribution is 2.21. The molecule has 1 N–H and O–H groups in total. The SMILES string of the molecule is CCC(C)C(=O)N1CCNC(=O)C1(C)C. The van der Waals surface area contributed by atoms with Gasteiger partial charge in [-0.3, -0.25) is 9.59 Å². The molecule has 2 amide bonds. The van der Waals surface area contributed by atoms with Gasteiger partial charge in [0, 0.05) is 19.0 Å². The van der Waals surface area contributed by atoms with Crippen LogP contribution in [0.3, 0.4) is 0 Å². The van der Waals surface area contributed by atoms with Gasteiger partial charge in [0.25, 0.3) is 0 Å². The summed E-state index contributed by atoms with van der Waals surface area (Å²) in [6.45, 7) is 8.65. The number of nitrogens with one attached hydrogen (secondary N) is 1. The third-order valence-electron chi connectivity index (χ3n) is 3.15. The van der Waals surface area contributed by atoms with Gasteiger partial charge in [0.15, 0.2) is 0 Å². The Labute approximate surface area is 91.0 Å². The van der Waals surface area contributed by atoms with Crippen molar-refractivity contribution >= 4 is 11.8 Å². The molecule has 1 atom stereocenters. The molecule has 15 heavy (non-hydrogen) atoms. The molecule has 0 aromatic rings. The number of carbonyl (C=O) groups excluding carboxylic acids is 2. The van der Waals surface area contributed by atoms with Crippen LogP contribution in [0.15, 0.2) is 0 Å². The van der Waals surface area contributed by atoms with Gasteiger partial charge in [0.2, 0.25) is 11.8 Å². The zero-order chi connectivity index (χ0) is 11.6. The first-order chi connectivity index (χ1) is 6.91. The van der Waals surface area contributed by atoms with Gasteiger partial charge in [-0.1, -0.05) is 13.8 Å². The van der Waals surface area contributed by atoms with E-state index in [1.54, 1.807) is 18.7 Å². The van der Waals surface area contributed by atoms with Crippen LogP contribution in [0.5, 0.6) is 0 Å². The van der Waals surface area contributed by atoms with Gasteiger partial charge < -0.3 is 10.2 Å². The van der Waals surface area contributed by atoms with E-state index in [-0.39, 0.29) is 17.7 Å². The third kappa shape index (κ3) is 2.13. The fraction of sp³-hybridized carbons (Fsp3) is 0.818. The van der Waals surface area contributed by atoms with Crippen molar-refractivity contribution in [2.75, 3.05) is 13.1 Å². The van der Waals surface area contributed by atoms with Gasteiger partial charge >= 0.3 is 0 Å². The van der Waals surface area contributed by atoms with Crippen LogP contribution in [-0.4, -0.2) is 35.3 Å². The minimum absolute atomic E-state index is 0.00447. The monoisotopic (exact) mass is 212 g/mol. The first-order valence-corrected chi connectivity index (χ1v) is 5.51. The second-order valence-electron chi connectivity index (χ2n) is 4.61. The minimum atomic E-state index is -0.710. The molecule has 4 heteroatoms. The van der Waals surface area contributed by atoms with E-state index in [9.17, 15) is 9.59 Å². The summed E-state index contributed by atoms with van der Waals surface area (Å²) < 4.78 is 0. The zero-order valence-electron chi connectivity index (χ0n) is 9.96. The van der Waals surface area contributed by atoms with Crippen molar-refractivity contribution in [1.29, 1.82) is 0 Å². The number of hydrogen-bond donors (Lipinski definition) is 1. The molecule has 0 aliphatic carbocycles. The summed E-state index contributed by atoms with van der Waals surface area (Å²) in [6, 6.07) is 0. The molecule has 1 rings (SSSR count). The average Bonchev–Trinajstić information content (AvgIpc) is 2.20. The lowest BCUT2D eigenvalue weighted by Gasteiger charge is -2.42. The van der Waals surface area contributed by atoms with Crippen LogP contribution >= 0.6 is 0 Å². The van der Waals surface area contributed by atoms with E-state index in [2.05, 4.69) is 5.32 Å². The van der Waals surface area contributed by atoms with Gasteiger partial charge in [-0.2, -0.15) is 0 Å². The Morgan fingerprint density at radius 2 is 2.20 bits per heavy atom. The molecule has 0 saturated carbocycles. The topological polar surface area (TPSA) is 49.4 Å².